The summed E-state index contributed by atoms with van der Waals surface area (Å²) in [5.74, 6) is -0.313. The summed E-state index contributed by atoms with van der Waals surface area (Å²) >= 11 is 0. The molecule has 2 aromatic rings. The molecule has 0 aliphatic rings. The number of nitrogens with zero attached hydrogens (tertiary/aromatic N) is 1. The topological polar surface area (TPSA) is 33.1 Å². The van der Waals surface area contributed by atoms with Crippen molar-refractivity contribution in [2.75, 3.05) is 6.61 Å². The van der Waals surface area contributed by atoms with Gasteiger partial charge in [0.25, 0.3) is 0 Å². The highest BCUT2D eigenvalue weighted by Crippen LogP contribution is 2.10. The van der Waals surface area contributed by atoms with Crippen LogP contribution in [-0.2, 0) is 12.8 Å². The van der Waals surface area contributed by atoms with E-state index in [0.29, 0.717) is 12.8 Å². The van der Waals surface area contributed by atoms with E-state index in [2.05, 4.69) is 4.98 Å². The molecule has 0 bridgehead atoms. The quantitative estimate of drug-likeness (QED) is 0.876. The zero-order valence-corrected chi connectivity index (χ0v) is 9.44. The first kappa shape index (κ1) is 11.7. The molecule has 0 atom stereocenters. The van der Waals surface area contributed by atoms with Crippen LogP contribution in [0.1, 0.15) is 16.8 Å². The molecule has 0 aliphatic heterocycles. The number of rotatable bonds is 4. The fourth-order valence-corrected chi connectivity index (χ4v) is 1.67. The molecule has 0 radical (unpaired) electrons. The molecule has 0 saturated heterocycles. The van der Waals surface area contributed by atoms with Gasteiger partial charge in [-0.2, -0.15) is 0 Å². The molecule has 0 aliphatic carbocycles. The Morgan fingerprint density at radius 3 is 2.29 bits per heavy atom. The Labute approximate surface area is 99.8 Å². The molecular formula is C14H14FNO. The van der Waals surface area contributed by atoms with Crippen LogP contribution in [0.4, 0.5) is 4.39 Å². The van der Waals surface area contributed by atoms with E-state index in [-0.39, 0.29) is 12.4 Å². The van der Waals surface area contributed by atoms with Crippen molar-refractivity contribution in [3.8, 4) is 0 Å². The van der Waals surface area contributed by atoms with Crippen LogP contribution in [-0.4, -0.2) is 16.7 Å². The van der Waals surface area contributed by atoms with Crippen molar-refractivity contribution in [3.05, 3.63) is 65.2 Å². The second-order valence-electron chi connectivity index (χ2n) is 3.93. The highest BCUT2D eigenvalue weighted by Gasteiger charge is 1.99. The average molecular weight is 231 g/mol. The van der Waals surface area contributed by atoms with Crippen molar-refractivity contribution in [2.45, 2.75) is 12.8 Å². The number of aliphatic hydroxyl groups is 1. The van der Waals surface area contributed by atoms with Crippen molar-refractivity contribution < 1.29 is 9.50 Å². The third-order valence-electron chi connectivity index (χ3n) is 2.60. The molecule has 17 heavy (non-hydrogen) atoms. The van der Waals surface area contributed by atoms with Gasteiger partial charge in [0.2, 0.25) is 0 Å². The van der Waals surface area contributed by atoms with Crippen molar-refractivity contribution >= 4 is 0 Å². The van der Waals surface area contributed by atoms with E-state index in [4.69, 9.17) is 5.11 Å². The highest BCUT2D eigenvalue weighted by atomic mass is 19.1. The van der Waals surface area contributed by atoms with Crippen LogP contribution < -0.4 is 0 Å². The van der Waals surface area contributed by atoms with Gasteiger partial charge in [-0.05, 0) is 29.7 Å². The van der Waals surface area contributed by atoms with Crippen molar-refractivity contribution in [3.63, 3.8) is 0 Å². The fraction of sp³-hybridized carbons (Fsp3) is 0.214. The molecule has 1 aromatic heterocycles. The molecule has 1 aromatic carbocycles. The SMILES string of the molecule is OCCc1ccc(Cc2ccc(F)cn2)cc1. The Bertz CT molecular complexity index is 465. The normalized spacial score (nSPS) is 10.5. The van der Waals surface area contributed by atoms with Crippen LogP contribution in [0.25, 0.3) is 0 Å². The lowest BCUT2D eigenvalue weighted by atomic mass is 10.1. The number of aromatic nitrogens is 1. The first-order valence-corrected chi connectivity index (χ1v) is 5.57. The maximum atomic E-state index is 12.7. The molecule has 0 spiro atoms. The Balaban J connectivity index is 2.05. The molecule has 0 saturated carbocycles. The first-order chi connectivity index (χ1) is 8.28. The van der Waals surface area contributed by atoms with Gasteiger partial charge in [0, 0.05) is 18.7 Å². The molecule has 3 heteroatoms. The minimum Gasteiger partial charge on any atom is -0.396 e. The van der Waals surface area contributed by atoms with Gasteiger partial charge in [0.15, 0.2) is 0 Å². The van der Waals surface area contributed by atoms with E-state index in [1.807, 2.05) is 24.3 Å². The van der Waals surface area contributed by atoms with Gasteiger partial charge in [0.05, 0.1) is 6.20 Å². The lowest BCUT2D eigenvalue weighted by Gasteiger charge is -2.03. The number of aliphatic hydroxyl groups excluding tert-OH is 1. The zero-order valence-electron chi connectivity index (χ0n) is 9.44. The Hall–Kier alpha value is -1.74. The van der Waals surface area contributed by atoms with Crippen LogP contribution in [0, 0.1) is 5.82 Å². The van der Waals surface area contributed by atoms with Crippen molar-refractivity contribution in [2.24, 2.45) is 0 Å². The number of benzene rings is 1. The second-order valence-corrected chi connectivity index (χ2v) is 3.93. The predicted molar refractivity (Wildman–Crippen MR) is 64.2 cm³/mol. The second kappa shape index (κ2) is 5.55. The van der Waals surface area contributed by atoms with Gasteiger partial charge >= 0.3 is 0 Å². The zero-order chi connectivity index (χ0) is 12.1. The molecule has 1 heterocycles. The lowest BCUT2D eigenvalue weighted by Crippen LogP contribution is -1.94. The molecule has 0 fully saturated rings. The van der Waals surface area contributed by atoms with E-state index < -0.39 is 0 Å². The molecular weight excluding hydrogens is 217 g/mol. The third kappa shape index (κ3) is 3.36. The minimum atomic E-state index is -0.313. The van der Waals surface area contributed by atoms with E-state index in [1.54, 1.807) is 6.07 Å². The van der Waals surface area contributed by atoms with Gasteiger partial charge in [-0.15, -0.1) is 0 Å². The number of hydrogen-bond donors (Lipinski definition) is 1. The average Bonchev–Trinajstić information content (AvgIpc) is 2.35. The van der Waals surface area contributed by atoms with E-state index in [1.165, 1.54) is 12.3 Å². The van der Waals surface area contributed by atoms with Gasteiger partial charge in [-0.1, -0.05) is 24.3 Å². The Morgan fingerprint density at radius 2 is 1.71 bits per heavy atom. The van der Waals surface area contributed by atoms with E-state index >= 15 is 0 Å². The Morgan fingerprint density at radius 1 is 1.00 bits per heavy atom. The maximum Gasteiger partial charge on any atom is 0.141 e. The van der Waals surface area contributed by atoms with Gasteiger partial charge < -0.3 is 5.11 Å². The highest BCUT2D eigenvalue weighted by molar-refractivity contribution is 5.26. The summed E-state index contributed by atoms with van der Waals surface area (Å²) in [5, 5.41) is 8.80. The summed E-state index contributed by atoms with van der Waals surface area (Å²) < 4.78 is 12.7. The molecule has 88 valence electrons. The summed E-state index contributed by atoms with van der Waals surface area (Å²) in [4.78, 5) is 4.02. The van der Waals surface area contributed by atoms with Crippen LogP contribution >= 0.6 is 0 Å². The summed E-state index contributed by atoms with van der Waals surface area (Å²) in [6.45, 7) is 0.166. The molecule has 0 unspecified atom stereocenters. The van der Waals surface area contributed by atoms with Crippen molar-refractivity contribution in [1.29, 1.82) is 0 Å². The van der Waals surface area contributed by atoms with E-state index in [9.17, 15) is 4.39 Å². The predicted octanol–water partition coefficient (Wildman–Crippen LogP) is 2.35. The van der Waals surface area contributed by atoms with Gasteiger partial charge in [0.1, 0.15) is 5.82 Å². The minimum absolute atomic E-state index is 0.166. The third-order valence-corrected chi connectivity index (χ3v) is 2.60. The standard InChI is InChI=1S/C14H14FNO/c15-13-5-6-14(16-10-13)9-12-3-1-11(2-4-12)7-8-17/h1-6,10,17H,7-9H2. The molecule has 1 N–H and O–H groups in total. The van der Waals surface area contributed by atoms with Crippen LogP contribution in [0.5, 0.6) is 0 Å². The van der Waals surface area contributed by atoms with Crippen LogP contribution in [0.3, 0.4) is 0 Å². The molecule has 0 amide bonds. The number of pyridine rings is 1. The smallest absolute Gasteiger partial charge is 0.141 e. The number of halogens is 1. The maximum absolute atomic E-state index is 12.7. The monoisotopic (exact) mass is 231 g/mol. The molecule has 2 nitrogen and oxygen atoms in total. The van der Waals surface area contributed by atoms with Crippen molar-refractivity contribution in [1.82, 2.24) is 4.98 Å². The van der Waals surface area contributed by atoms with Crippen LogP contribution in [0.2, 0.25) is 0 Å². The number of hydrogen-bond acceptors (Lipinski definition) is 2. The summed E-state index contributed by atoms with van der Waals surface area (Å²) in [6.07, 6.45) is 2.60. The first-order valence-electron chi connectivity index (χ1n) is 5.57. The molecule has 2 rings (SSSR count). The summed E-state index contributed by atoms with van der Waals surface area (Å²) in [5.41, 5.74) is 3.09. The Kier molecular flexibility index (Phi) is 3.83. The van der Waals surface area contributed by atoms with Crippen LogP contribution in [0.15, 0.2) is 42.6 Å². The lowest BCUT2D eigenvalue weighted by molar-refractivity contribution is 0.299. The fourth-order valence-electron chi connectivity index (χ4n) is 1.67. The van der Waals surface area contributed by atoms with Gasteiger partial charge in [-0.25, -0.2) is 4.39 Å². The summed E-state index contributed by atoms with van der Waals surface area (Å²) in [7, 11) is 0. The van der Waals surface area contributed by atoms with Gasteiger partial charge in [-0.3, -0.25) is 4.98 Å². The largest absolute Gasteiger partial charge is 0.396 e. The summed E-state index contributed by atoms with van der Waals surface area (Å²) in [6, 6.07) is 11.1. The van der Waals surface area contributed by atoms with E-state index in [0.717, 1.165) is 16.8 Å².